The fourth-order valence-corrected chi connectivity index (χ4v) is 3.25. The van der Waals surface area contributed by atoms with Crippen LogP contribution in [0.4, 0.5) is 4.39 Å². The van der Waals surface area contributed by atoms with Gasteiger partial charge < -0.3 is 5.32 Å². The molecule has 1 nitrogen and oxygen atoms in total. The zero-order valence-electron chi connectivity index (χ0n) is 13.5. The fourth-order valence-electron chi connectivity index (χ4n) is 3.25. The van der Waals surface area contributed by atoms with Crippen LogP contribution in [-0.2, 0) is 0 Å². The van der Waals surface area contributed by atoms with Gasteiger partial charge in [-0.3, -0.25) is 0 Å². The molecule has 0 aromatic heterocycles. The molecule has 1 N–H and O–H groups in total. The minimum Gasteiger partial charge on any atom is -0.304 e. The minimum absolute atomic E-state index is 0.0266. The lowest BCUT2D eigenvalue weighted by atomic mass is 9.94. The average molecular weight is 285 g/mol. The van der Waals surface area contributed by atoms with Gasteiger partial charge in [-0.15, -0.1) is 0 Å². The molecule has 2 heteroatoms. The zero-order chi connectivity index (χ0) is 15.6. The molecule has 2 atom stereocenters. The van der Waals surface area contributed by atoms with Crippen molar-refractivity contribution in [3.05, 3.63) is 70.0 Å². The molecule has 0 saturated carbocycles. The molecule has 0 heterocycles. The summed E-state index contributed by atoms with van der Waals surface area (Å²) in [4.78, 5) is 0. The van der Waals surface area contributed by atoms with Crippen molar-refractivity contribution in [1.29, 1.82) is 0 Å². The van der Waals surface area contributed by atoms with Gasteiger partial charge in [-0.2, -0.15) is 0 Å². The van der Waals surface area contributed by atoms with Crippen LogP contribution in [0, 0.1) is 26.6 Å². The number of aryl methyl sites for hydroxylation is 3. The quantitative estimate of drug-likeness (QED) is 0.818. The Kier molecular flexibility index (Phi) is 4.79. The number of benzene rings is 2. The second-order valence-electron chi connectivity index (χ2n) is 5.94. The maximum atomic E-state index is 13.9. The molecule has 0 aliphatic heterocycles. The molecule has 0 aliphatic rings. The first-order valence-electron chi connectivity index (χ1n) is 7.48. The van der Waals surface area contributed by atoms with Crippen molar-refractivity contribution in [3.8, 4) is 0 Å². The van der Waals surface area contributed by atoms with Gasteiger partial charge in [-0.25, -0.2) is 4.39 Å². The van der Waals surface area contributed by atoms with E-state index in [0.717, 1.165) is 0 Å². The summed E-state index contributed by atoms with van der Waals surface area (Å²) in [6, 6.07) is 11.5. The summed E-state index contributed by atoms with van der Waals surface area (Å²) in [5.74, 6) is -0.151. The topological polar surface area (TPSA) is 12.0 Å². The third kappa shape index (κ3) is 3.51. The summed E-state index contributed by atoms with van der Waals surface area (Å²) in [7, 11) is 0. The lowest BCUT2D eigenvalue weighted by Gasteiger charge is -2.24. The van der Waals surface area contributed by atoms with Crippen LogP contribution in [0.1, 0.15) is 53.7 Å². The van der Waals surface area contributed by atoms with Crippen molar-refractivity contribution >= 4 is 0 Å². The first kappa shape index (κ1) is 15.7. The van der Waals surface area contributed by atoms with Crippen molar-refractivity contribution in [1.82, 2.24) is 5.32 Å². The van der Waals surface area contributed by atoms with E-state index in [9.17, 15) is 4.39 Å². The van der Waals surface area contributed by atoms with E-state index in [2.05, 4.69) is 45.1 Å². The zero-order valence-corrected chi connectivity index (χ0v) is 13.5. The molecule has 0 amide bonds. The monoisotopic (exact) mass is 285 g/mol. The van der Waals surface area contributed by atoms with E-state index in [1.165, 1.54) is 28.3 Å². The number of hydrogen-bond donors (Lipinski definition) is 1. The van der Waals surface area contributed by atoms with E-state index in [1.54, 1.807) is 6.07 Å². The van der Waals surface area contributed by atoms with Crippen LogP contribution in [0.25, 0.3) is 0 Å². The first-order valence-corrected chi connectivity index (χ1v) is 7.48. The lowest BCUT2D eigenvalue weighted by molar-refractivity contribution is 0.471. The van der Waals surface area contributed by atoms with E-state index >= 15 is 0 Å². The third-order valence-electron chi connectivity index (χ3n) is 4.04. The van der Waals surface area contributed by atoms with Crippen LogP contribution < -0.4 is 5.32 Å². The molecule has 0 spiro atoms. The Balaban J connectivity index is 2.22. The fraction of sp³-hybridized carbons (Fsp3) is 0.368. The van der Waals surface area contributed by atoms with E-state index in [0.29, 0.717) is 5.56 Å². The van der Waals surface area contributed by atoms with Gasteiger partial charge in [0.2, 0.25) is 0 Å². The van der Waals surface area contributed by atoms with Crippen LogP contribution in [0.5, 0.6) is 0 Å². The molecule has 2 rings (SSSR count). The molecule has 1 unspecified atom stereocenters. The number of hydrogen-bond acceptors (Lipinski definition) is 1. The molecule has 21 heavy (non-hydrogen) atoms. The normalized spacial score (nSPS) is 14.0. The van der Waals surface area contributed by atoms with Gasteiger partial charge in [-0.1, -0.05) is 35.9 Å². The van der Waals surface area contributed by atoms with Crippen LogP contribution in [0.15, 0.2) is 36.4 Å². The summed E-state index contributed by atoms with van der Waals surface area (Å²) in [6.07, 6.45) is 0. The van der Waals surface area contributed by atoms with Gasteiger partial charge in [0.25, 0.3) is 0 Å². The average Bonchev–Trinajstić information content (AvgIpc) is 2.37. The molecule has 0 bridgehead atoms. The molecular weight excluding hydrogens is 261 g/mol. The predicted octanol–water partition coefficient (Wildman–Crippen LogP) is 5.16. The largest absolute Gasteiger partial charge is 0.304 e. The highest BCUT2D eigenvalue weighted by Gasteiger charge is 2.17. The van der Waals surface area contributed by atoms with E-state index < -0.39 is 0 Å². The van der Waals surface area contributed by atoms with Crippen LogP contribution in [0.2, 0.25) is 0 Å². The smallest absolute Gasteiger partial charge is 0.127 e. The third-order valence-corrected chi connectivity index (χ3v) is 4.04. The van der Waals surface area contributed by atoms with Gasteiger partial charge in [0.1, 0.15) is 5.82 Å². The highest BCUT2D eigenvalue weighted by molar-refractivity contribution is 5.39. The van der Waals surface area contributed by atoms with Gasteiger partial charge in [0, 0.05) is 17.6 Å². The summed E-state index contributed by atoms with van der Waals surface area (Å²) < 4.78 is 13.9. The Morgan fingerprint density at radius 2 is 1.48 bits per heavy atom. The molecule has 0 saturated heterocycles. The predicted molar refractivity (Wildman–Crippen MR) is 87.0 cm³/mol. The minimum atomic E-state index is -0.151. The van der Waals surface area contributed by atoms with Gasteiger partial charge in [-0.05, 0) is 57.4 Å². The van der Waals surface area contributed by atoms with Crippen molar-refractivity contribution < 1.29 is 4.39 Å². The summed E-state index contributed by atoms with van der Waals surface area (Å²) in [5, 5.41) is 3.51. The second-order valence-corrected chi connectivity index (χ2v) is 5.94. The molecule has 0 fully saturated rings. The van der Waals surface area contributed by atoms with Crippen molar-refractivity contribution in [3.63, 3.8) is 0 Å². The second kappa shape index (κ2) is 6.40. The lowest BCUT2D eigenvalue weighted by Crippen LogP contribution is -2.24. The van der Waals surface area contributed by atoms with Crippen molar-refractivity contribution in [2.24, 2.45) is 0 Å². The van der Waals surface area contributed by atoms with E-state index in [-0.39, 0.29) is 17.9 Å². The number of halogens is 1. The van der Waals surface area contributed by atoms with Crippen molar-refractivity contribution in [2.75, 3.05) is 0 Å². The highest BCUT2D eigenvalue weighted by atomic mass is 19.1. The SMILES string of the molecule is Cc1cc(C)c(C(C)N[C@H](C)c2ccccc2F)c(C)c1. The Morgan fingerprint density at radius 3 is 2.05 bits per heavy atom. The summed E-state index contributed by atoms with van der Waals surface area (Å²) in [5.41, 5.74) is 5.88. The Bertz CT molecular complexity index is 610. The molecule has 2 aromatic carbocycles. The van der Waals surface area contributed by atoms with Crippen LogP contribution in [0.3, 0.4) is 0 Å². The molecule has 2 aromatic rings. The van der Waals surface area contributed by atoms with Crippen LogP contribution >= 0.6 is 0 Å². The molecule has 0 aliphatic carbocycles. The first-order chi connectivity index (χ1) is 9.90. The Morgan fingerprint density at radius 1 is 0.905 bits per heavy atom. The summed E-state index contributed by atoms with van der Waals surface area (Å²) in [6.45, 7) is 10.5. The molecule has 0 radical (unpaired) electrons. The van der Waals surface area contributed by atoms with Gasteiger partial charge in [0.15, 0.2) is 0 Å². The highest BCUT2D eigenvalue weighted by Crippen LogP contribution is 2.26. The molecular formula is C19H24FN. The van der Waals surface area contributed by atoms with Crippen molar-refractivity contribution in [2.45, 2.75) is 46.7 Å². The molecule has 112 valence electrons. The standard InChI is InChI=1S/C19H24FN/c1-12-10-13(2)19(14(3)11-12)16(5)21-15(4)17-8-6-7-9-18(17)20/h6-11,15-16,21H,1-5H3/t15-,16?/m1/s1. The summed E-state index contributed by atoms with van der Waals surface area (Å²) >= 11 is 0. The maximum Gasteiger partial charge on any atom is 0.127 e. The Hall–Kier alpha value is -1.67. The van der Waals surface area contributed by atoms with E-state index in [4.69, 9.17) is 0 Å². The maximum absolute atomic E-state index is 13.9. The van der Waals surface area contributed by atoms with Gasteiger partial charge >= 0.3 is 0 Å². The van der Waals surface area contributed by atoms with E-state index in [1.807, 2.05) is 19.1 Å². The number of rotatable bonds is 4. The Labute approximate surface area is 127 Å². The number of nitrogens with one attached hydrogen (secondary N) is 1. The van der Waals surface area contributed by atoms with Gasteiger partial charge in [0.05, 0.1) is 0 Å². The van der Waals surface area contributed by atoms with Crippen LogP contribution in [-0.4, -0.2) is 0 Å².